The van der Waals surface area contributed by atoms with Crippen LogP contribution in [0.4, 0.5) is 0 Å². The van der Waals surface area contributed by atoms with Crippen molar-refractivity contribution in [3.8, 4) is 0 Å². The van der Waals surface area contributed by atoms with E-state index in [0.29, 0.717) is 16.5 Å². The van der Waals surface area contributed by atoms with E-state index in [2.05, 4.69) is 66.1 Å². The molecule has 0 amide bonds. The van der Waals surface area contributed by atoms with Gasteiger partial charge in [-0.15, -0.1) is 0 Å². The minimum Gasteiger partial charge on any atom is -0.292 e. The summed E-state index contributed by atoms with van der Waals surface area (Å²) in [5, 5.41) is 0.535. The molecule has 0 saturated heterocycles. The number of halogens is 3. The first-order valence-corrected chi connectivity index (χ1v) is 9.54. The number of aromatic nitrogens is 2. The van der Waals surface area contributed by atoms with E-state index in [1.165, 1.54) is 10.9 Å². The number of benzene rings is 2. The topological polar surface area (TPSA) is 52.0 Å². The second kappa shape index (κ2) is 6.98. The molecular formula is C16H9BrI2N2O2. The van der Waals surface area contributed by atoms with Gasteiger partial charge in [0.2, 0.25) is 0 Å². The molecule has 0 N–H and O–H groups in total. The van der Waals surface area contributed by atoms with Gasteiger partial charge in [0.05, 0.1) is 23.8 Å². The third kappa shape index (κ3) is 3.66. The Morgan fingerprint density at radius 2 is 1.87 bits per heavy atom. The molecule has 7 heteroatoms. The summed E-state index contributed by atoms with van der Waals surface area (Å²) in [7, 11) is 0. The van der Waals surface area contributed by atoms with Crippen LogP contribution in [0.25, 0.3) is 10.9 Å². The van der Waals surface area contributed by atoms with Gasteiger partial charge >= 0.3 is 0 Å². The summed E-state index contributed by atoms with van der Waals surface area (Å²) < 4.78 is 4.16. The first-order chi connectivity index (χ1) is 11.0. The molecule has 0 saturated carbocycles. The van der Waals surface area contributed by atoms with Gasteiger partial charge < -0.3 is 0 Å². The van der Waals surface area contributed by atoms with E-state index >= 15 is 0 Å². The molecule has 1 aromatic heterocycles. The van der Waals surface area contributed by atoms with Crippen molar-refractivity contribution >= 4 is 77.8 Å². The Bertz CT molecular complexity index is 968. The lowest BCUT2D eigenvalue weighted by molar-refractivity contribution is 0.0970. The van der Waals surface area contributed by atoms with Crippen LogP contribution >= 0.6 is 61.1 Å². The Kier molecular flexibility index (Phi) is 5.16. The molecule has 4 nitrogen and oxygen atoms in total. The first kappa shape index (κ1) is 17.0. The molecule has 0 spiro atoms. The van der Waals surface area contributed by atoms with Crippen LogP contribution in [0.1, 0.15) is 10.4 Å². The number of rotatable bonds is 3. The zero-order valence-electron chi connectivity index (χ0n) is 11.6. The lowest BCUT2D eigenvalue weighted by Crippen LogP contribution is -2.25. The van der Waals surface area contributed by atoms with Crippen LogP contribution in [-0.2, 0) is 6.54 Å². The summed E-state index contributed by atoms with van der Waals surface area (Å²) in [6.07, 6.45) is 1.44. The van der Waals surface area contributed by atoms with E-state index in [1.807, 2.05) is 6.07 Å². The van der Waals surface area contributed by atoms with Gasteiger partial charge in [0.25, 0.3) is 5.56 Å². The number of nitrogens with zero attached hydrogens (tertiary/aromatic N) is 2. The molecule has 23 heavy (non-hydrogen) atoms. The summed E-state index contributed by atoms with van der Waals surface area (Å²) in [6, 6.07) is 10.8. The van der Waals surface area contributed by atoms with Gasteiger partial charge in [0, 0.05) is 17.2 Å². The zero-order chi connectivity index (χ0) is 16.6. The van der Waals surface area contributed by atoms with Crippen molar-refractivity contribution in [2.24, 2.45) is 0 Å². The Hall–Kier alpha value is -0.810. The SMILES string of the molecule is O=C(Cn1cnc2c(I)cc(I)cc2c1=O)c1ccc(Br)cc1. The van der Waals surface area contributed by atoms with E-state index in [4.69, 9.17) is 0 Å². The van der Waals surface area contributed by atoms with Crippen LogP contribution in [0.5, 0.6) is 0 Å². The Morgan fingerprint density at radius 3 is 2.57 bits per heavy atom. The normalized spacial score (nSPS) is 10.9. The number of ketones is 1. The number of hydrogen-bond donors (Lipinski definition) is 0. The average Bonchev–Trinajstić information content (AvgIpc) is 2.51. The molecule has 0 fully saturated rings. The molecule has 0 aliphatic carbocycles. The summed E-state index contributed by atoms with van der Waals surface area (Å²) in [6.45, 7) is -0.0224. The van der Waals surface area contributed by atoms with Crippen LogP contribution in [-0.4, -0.2) is 15.3 Å². The van der Waals surface area contributed by atoms with Crippen LogP contribution in [0, 0.1) is 7.14 Å². The second-order valence-electron chi connectivity index (χ2n) is 4.89. The molecule has 0 aliphatic rings. The fraction of sp³-hybridized carbons (Fsp3) is 0.0625. The van der Waals surface area contributed by atoms with Gasteiger partial charge in [-0.1, -0.05) is 28.1 Å². The molecule has 1 heterocycles. The van der Waals surface area contributed by atoms with Gasteiger partial charge in [-0.25, -0.2) is 4.98 Å². The molecule has 3 rings (SSSR count). The van der Waals surface area contributed by atoms with Crippen molar-refractivity contribution < 1.29 is 4.79 Å². The minimum absolute atomic E-state index is 0.0224. The maximum atomic E-state index is 12.6. The predicted molar refractivity (Wildman–Crippen MR) is 110 cm³/mol. The molecule has 0 radical (unpaired) electrons. The summed E-state index contributed by atoms with van der Waals surface area (Å²) in [5.41, 5.74) is 1.04. The molecule has 116 valence electrons. The molecule has 0 unspecified atom stereocenters. The molecule has 2 aromatic carbocycles. The van der Waals surface area contributed by atoms with Gasteiger partial charge in [-0.05, 0) is 69.4 Å². The van der Waals surface area contributed by atoms with E-state index < -0.39 is 0 Å². The van der Waals surface area contributed by atoms with E-state index in [-0.39, 0.29) is 17.9 Å². The number of carbonyl (C=O) groups is 1. The number of Topliss-reactive ketones (excluding diaryl/α,β-unsaturated/α-hetero) is 1. The maximum absolute atomic E-state index is 12.6. The van der Waals surface area contributed by atoms with Crippen molar-refractivity contribution in [1.29, 1.82) is 0 Å². The third-order valence-corrected chi connectivity index (χ3v) is 5.30. The molecule has 0 bridgehead atoms. The summed E-state index contributed by atoms with van der Waals surface area (Å²) >= 11 is 7.67. The lowest BCUT2D eigenvalue weighted by Gasteiger charge is -2.07. The van der Waals surface area contributed by atoms with Crippen molar-refractivity contribution in [2.75, 3.05) is 0 Å². The smallest absolute Gasteiger partial charge is 0.261 e. The van der Waals surface area contributed by atoms with E-state index in [0.717, 1.165) is 11.6 Å². The highest BCUT2D eigenvalue weighted by Gasteiger charge is 2.12. The fourth-order valence-electron chi connectivity index (χ4n) is 2.19. The number of carbonyl (C=O) groups excluding carboxylic acids is 1. The zero-order valence-corrected chi connectivity index (χ0v) is 17.5. The summed E-state index contributed by atoms with van der Waals surface area (Å²) in [5.74, 6) is -0.124. The largest absolute Gasteiger partial charge is 0.292 e. The quantitative estimate of drug-likeness (QED) is 0.337. The van der Waals surface area contributed by atoms with Crippen LogP contribution < -0.4 is 5.56 Å². The Morgan fingerprint density at radius 1 is 1.17 bits per heavy atom. The third-order valence-electron chi connectivity index (χ3n) is 3.33. The van der Waals surface area contributed by atoms with Crippen LogP contribution in [0.3, 0.4) is 0 Å². The van der Waals surface area contributed by atoms with Crippen molar-refractivity contribution in [1.82, 2.24) is 9.55 Å². The standard InChI is InChI=1S/C16H9BrI2N2O2/c17-10-3-1-9(2-4-10)14(22)7-21-8-20-15-12(16(21)23)5-11(18)6-13(15)19/h1-6,8H,7H2. The molecule has 0 atom stereocenters. The lowest BCUT2D eigenvalue weighted by atomic mass is 10.1. The number of hydrogen-bond acceptors (Lipinski definition) is 3. The van der Waals surface area contributed by atoms with Crippen LogP contribution in [0.15, 0.2) is 52.0 Å². The van der Waals surface area contributed by atoms with Gasteiger partial charge in [-0.3, -0.25) is 14.2 Å². The monoisotopic (exact) mass is 594 g/mol. The average molecular weight is 595 g/mol. The van der Waals surface area contributed by atoms with Crippen LogP contribution in [0.2, 0.25) is 0 Å². The van der Waals surface area contributed by atoms with Gasteiger partial charge in [-0.2, -0.15) is 0 Å². The molecular weight excluding hydrogens is 586 g/mol. The highest BCUT2D eigenvalue weighted by molar-refractivity contribution is 14.1. The predicted octanol–water partition coefficient (Wildman–Crippen LogP) is 4.25. The van der Waals surface area contributed by atoms with Crippen molar-refractivity contribution in [3.05, 3.63) is 70.3 Å². The maximum Gasteiger partial charge on any atom is 0.261 e. The molecule has 0 aliphatic heterocycles. The summed E-state index contributed by atoms with van der Waals surface area (Å²) in [4.78, 5) is 29.3. The second-order valence-corrected chi connectivity index (χ2v) is 8.21. The fourth-order valence-corrected chi connectivity index (χ4v) is 4.44. The van der Waals surface area contributed by atoms with E-state index in [1.54, 1.807) is 30.3 Å². The van der Waals surface area contributed by atoms with Crippen molar-refractivity contribution in [2.45, 2.75) is 6.54 Å². The highest BCUT2D eigenvalue weighted by atomic mass is 127. The Balaban J connectivity index is 2.00. The van der Waals surface area contributed by atoms with Gasteiger partial charge in [0.1, 0.15) is 0 Å². The highest BCUT2D eigenvalue weighted by Crippen LogP contribution is 2.19. The van der Waals surface area contributed by atoms with Crippen molar-refractivity contribution in [3.63, 3.8) is 0 Å². The Labute approximate surface area is 167 Å². The first-order valence-electron chi connectivity index (χ1n) is 6.58. The molecule has 3 aromatic rings. The number of fused-ring (bicyclic) bond motifs is 1. The van der Waals surface area contributed by atoms with E-state index in [9.17, 15) is 9.59 Å². The minimum atomic E-state index is -0.197. The van der Waals surface area contributed by atoms with Gasteiger partial charge in [0.15, 0.2) is 5.78 Å².